The molecule has 1 unspecified atom stereocenters. The summed E-state index contributed by atoms with van der Waals surface area (Å²) in [5.74, 6) is -0.111. The van der Waals surface area contributed by atoms with Crippen molar-refractivity contribution in [2.75, 3.05) is 26.7 Å². The monoisotopic (exact) mass is 354 g/mol. The molecule has 26 heavy (non-hydrogen) atoms. The van der Waals surface area contributed by atoms with Gasteiger partial charge in [0, 0.05) is 17.5 Å². The van der Waals surface area contributed by atoms with Crippen LogP contribution in [0.2, 0.25) is 0 Å². The number of benzene rings is 2. The molecule has 1 fully saturated rings. The number of hydrogen-bond donors (Lipinski definition) is 1. The summed E-state index contributed by atoms with van der Waals surface area (Å²) in [6.07, 6.45) is 2.77. The molecule has 0 aromatic heterocycles. The molecule has 3 nitrogen and oxygen atoms in total. The third-order valence-corrected chi connectivity index (χ3v) is 5.32. The van der Waals surface area contributed by atoms with E-state index in [4.69, 9.17) is 0 Å². The van der Waals surface area contributed by atoms with Crippen LogP contribution in [0.4, 0.5) is 4.39 Å². The van der Waals surface area contributed by atoms with E-state index in [0.717, 1.165) is 38.9 Å². The molecule has 1 aliphatic heterocycles. The van der Waals surface area contributed by atoms with E-state index in [9.17, 15) is 9.18 Å². The third kappa shape index (κ3) is 4.57. The van der Waals surface area contributed by atoms with Crippen LogP contribution in [-0.2, 0) is 0 Å². The van der Waals surface area contributed by atoms with Crippen molar-refractivity contribution in [1.29, 1.82) is 0 Å². The van der Waals surface area contributed by atoms with Gasteiger partial charge in [0.05, 0.1) is 0 Å². The van der Waals surface area contributed by atoms with Crippen LogP contribution in [-0.4, -0.2) is 37.4 Å². The SMILES string of the molecule is CNCCC(c1ccccc1)N1CCC(C(=O)c2ccc(F)cc2)CC1. The average molecular weight is 354 g/mol. The number of carbonyl (C=O) groups is 1. The van der Waals surface area contributed by atoms with E-state index in [0.29, 0.717) is 11.6 Å². The summed E-state index contributed by atoms with van der Waals surface area (Å²) in [6.45, 7) is 2.80. The standard InChI is InChI=1S/C22H27FN2O/c1-24-14-11-21(17-5-3-2-4-6-17)25-15-12-19(13-16-25)22(26)18-7-9-20(23)10-8-18/h2-10,19,21,24H,11-16H2,1H3. The minimum atomic E-state index is -0.299. The summed E-state index contributed by atoms with van der Waals surface area (Å²) < 4.78 is 13.1. The van der Waals surface area contributed by atoms with Gasteiger partial charge in [-0.2, -0.15) is 0 Å². The molecule has 1 aliphatic rings. The van der Waals surface area contributed by atoms with Crippen LogP contribution < -0.4 is 5.32 Å². The summed E-state index contributed by atoms with van der Waals surface area (Å²) in [5.41, 5.74) is 1.96. The molecule has 0 bridgehead atoms. The number of carbonyl (C=O) groups excluding carboxylic acids is 1. The number of likely N-dealkylation sites (tertiary alicyclic amines) is 1. The zero-order valence-corrected chi connectivity index (χ0v) is 15.3. The number of nitrogens with one attached hydrogen (secondary N) is 1. The number of piperidine rings is 1. The van der Waals surface area contributed by atoms with Crippen LogP contribution in [0, 0.1) is 11.7 Å². The van der Waals surface area contributed by atoms with Gasteiger partial charge in [0.15, 0.2) is 5.78 Å². The fourth-order valence-electron chi connectivity index (χ4n) is 3.84. The van der Waals surface area contributed by atoms with Gasteiger partial charge in [-0.3, -0.25) is 9.69 Å². The number of Topliss-reactive ketones (excluding diaryl/α,β-unsaturated/α-hetero) is 1. The lowest BCUT2D eigenvalue weighted by molar-refractivity contribution is 0.0782. The largest absolute Gasteiger partial charge is 0.320 e. The normalized spacial score (nSPS) is 17.2. The van der Waals surface area contributed by atoms with Crippen molar-refractivity contribution in [2.45, 2.75) is 25.3 Å². The molecule has 2 aromatic carbocycles. The van der Waals surface area contributed by atoms with Crippen LogP contribution in [0.3, 0.4) is 0 Å². The molecule has 1 N–H and O–H groups in total. The van der Waals surface area contributed by atoms with Crippen molar-refractivity contribution >= 4 is 5.78 Å². The highest BCUT2D eigenvalue weighted by atomic mass is 19.1. The van der Waals surface area contributed by atoms with Gasteiger partial charge in [-0.05, 0) is 75.8 Å². The summed E-state index contributed by atoms with van der Waals surface area (Å²) in [5, 5.41) is 3.25. The first-order valence-electron chi connectivity index (χ1n) is 9.42. The molecule has 0 radical (unpaired) electrons. The van der Waals surface area contributed by atoms with E-state index in [1.165, 1.54) is 17.7 Å². The van der Waals surface area contributed by atoms with E-state index in [1.54, 1.807) is 12.1 Å². The van der Waals surface area contributed by atoms with E-state index < -0.39 is 0 Å². The van der Waals surface area contributed by atoms with Crippen LogP contribution in [0.1, 0.15) is 41.2 Å². The smallest absolute Gasteiger partial charge is 0.166 e. The summed E-state index contributed by atoms with van der Waals surface area (Å²) in [4.78, 5) is 15.2. The Morgan fingerprint density at radius 3 is 2.38 bits per heavy atom. The van der Waals surface area contributed by atoms with Crippen molar-refractivity contribution in [1.82, 2.24) is 10.2 Å². The maximum Gasteiger partial charge on any atom is 0.166 e. The van der Waals surface area contributed by atoms with Crippen LogP contribution >= 0.6 is 0 Å². The number of halogens is 1. The molecule has 0 amide bonds. The molecule has 2 aromatic rings. The zero-order valence-electron chi connectivity index (χ0n) is 15.3. The van der Waals surface area contributed by atoms with Gasteiger partial charge in [0.25, 0.3) is 0 Å². The lowest BCUT2D eigenvalue weighted by atomic mass is 9.87. The first kappa shape index (κ1) is 18.7. The van der Waals surface area contributed by atoms with Crippen molar-refractivity contribution in [3.8, 4) is 0 Å². The molecule has 0 spiro atoms. The lowest BCUT2D eigenvalue weighted by Gasteiger charge is -2.37. The van der Waals surface area contributed by atoms with Crippen molar-refractivity contribution in [2.24, 2.45) is 5.92 Å². The first-order valence-corrected chi connectivity index (χ1v) is 9.42. The van der Waals surface area contributed by atoms with E-state index >= 15 is 0 Å². The van der Waals surface area contributed by atoms with Crippen LogP contribution in [0.25, 0.3) is 0 Å². The number of hydrogen-bond acceptors (Lipinski definition) is 3. The molecular formula is C22H27FN2O. The highest BCUT2D eigenvalue weighted by molar-refractivity contribution is 5.97. The molecule has 4 heteroatoms. The lowest BCUT2D eigenvalue weighted by Crippen LogP contribution is -2.39. The van der Waals surface area contributed by atoms with Crippen LogP contribution in [0.5, 0.6) is 0 Å². The molecule has 138 valence electrons. The van der Waals surface area contributed by atoms with Gasteiger partial charge < -0.3 is 5.32 Å². The van der Waals surface area contributed by atoms with Gasteiger partial charge in [-0.1, -0.05) is 30.3 Å². The van der Waals surface area contributed by atoms with Crippen molar-refractivity contribution in [3.63, 3.8) is 0 Å². The summed E-state index contributed by atoms with van der Waals surface area (Å²) in [7, 11) is 1.98. The topological polar surface area (TPSA) is 32.3 Å². The summed E-state index contributed by atoms with van der Waals surface area (Å²) in [6, 6.07) is 16.9. The Hall–Kier alpha value is -2.04. The Balaban J connectivity index is 1.64. The quantitative estimate of drug-likeness (QED) is 0.761. The molecule has 1 atom stereocenters. The maximum absolute atomic E-state index is 13.1. The molecular weight excluding hydrogens is 327 g/mol. The highest BCUT2D eigenvalue weighted by Crippen LogP contribution is 2.30. The minimum absolute atomic E-state index is 0.0393. The molecule has 0 aliphatic carbocycles. The fraction of sp³-hybridized carbons (Fsp3) is 0.409. The fourth-order valence-corrected chi connectivity index (χ4v) is 3.84. The second-order valence-corrected chi connectivity index (χ2v) is 7.00. The van der Waals surface area contributed by atoms with Crippen molar-refractivity contribution in [3.05, 3.63) is 71.5 Å². The Morgan fingerprint density at radius 2 is 1.77 bits per heavy atom. The van der Waals surface area contributed by atoms with E-state index in [1.807, 2.05) is 13.1 Å². The van der Waals surface area contributed by atoms with Gasteiger partial charge in [-0.15, -0.1) is 0 Å². The Morgan fingerprint density at radius 1 is 1.12 bits per heavy atom. The number of ketones is 1. The number of nitrogens with zero attached hydrogens (tertiary/aromatic N) is 1. The molecule has 0 saturated carbocycles. The van der Waals surface area contributed by atoms with Gasteiger partial charge in [0.2, 0.25) is 0 Å². The minimum Gasteiger partial charge on any atom is -0.320 e. The van der Waals surface area contributed by atoms with Gasteiger partial charge in [-0.25, -0.2) is 4.39 Å². The molecule has 1 saturated heterocycles. The predicted octanol–water partition coefficient (Wildman–Crippen LogP) is 4.07. The Labute approximate surface area is 155 Å². The maximum atomic E-state index is 13.1. The summed E-state index contributed by atoms with van der Waals surface area (Å²) >= 11 is 0. The first-order chi connectivity index (χ1) is 12.7. The zero-order chi connectivity index (χ0) is 18.4. The Kier molecular flexibility index (Phi) is 6.53. The predicted molar refractivity (Wildman–Crippen MR) is 103 cm³/mol. The molecule has 1 heterocycles. The second-order valence-electron chi connectivity index (χ2n) is 7.00. The molecule has 3 rings (SSSR count). The van der Waals surface area contributed by atoms with Gasteiger partial charge in [0.1, 0.15) is 5.82 Å². The Bertz CT molecular complexity index is 694. The van der Waals surface area contributed by atoms with E-state index in [-0.39, 0.29) is 17.5 Å². The van der Waals surface area contributed by atoms with E-state index in [2.05, 4.69) is 34.5 Å². The van der Waals surface area contributed by atoms with Gasteiger partial charge >= 0.3 is 0 Å². The highest BCUT2D eigenvalue weighted by Gasteiger charge is 2.29. The average Bonchev–Trinajstić information content (AvgIpc) is 2.70. The van der Waals surface area contributed by atoms with Crippen molar-refractivity contribution < 1.29 is 9.18 Å². The van der Waals surface area contributed by atoms with Crippen LogP contribution in [0.15, 0.2) is 54.6 Å². The third-order valence-electron chi connectivity index (χ3n) is 5.32. The number of rotatable bonds is 7. The second kappa shape index (κ2) is 9.06.